The zero-order valence-corrected chi connectivity index (χ0v) is 18.4. The van der Waals surface area contributed by atoms with Crippen LogP contribution in [0, 0.1) is 10.7 Å². The maximum atomic E-state index is 13.5. The third kappa shape index (κ3) is 3.74. The second kappa shape index (κ2) is 8.47. The van der Waals surface area contributed by atoms with Crippen molar-refractivity contribution >= 4 is 28.8 Å². The van der Waals surface area contributed by atoms with Crippen LogP contribution in [-0.4, -0.2) is 34.9 Å². The number of aromatic nitrogens is 6. The molecule has 5 aromatic heterocycles. The number of anilines is 1. The summed E-state index contributed by atoms with van der Waals surface area (Å²) in [4.78, 5) is 36.2. The van der Waals surface area contributed by atoms with Gasteiger partial charge in [-0.15, -0.1) is 4.91 Å². The number of halogens is 1. The molecule has 0 radical (unpaired) electrons. The number of nitrogens with one attached hydrogen (secondary N) is 1. The Morgan fingerprint density at radius 1 is 0.972 bits per heavy atom. The summed E-state index contributed by atoms with van der Waals surface area (Å²) >= 11 is 0. The minimum absolute atomic E-state index is 0.0889. The number of benzene rings is 1. The summed E-state index contributed by atoms with van der Waals surface area (Å²) in [5.41, 5.74) is 4.18. The van der Waals surface area contributed by atoms with Gasteiger partial charge in [0.2, 0.25) is 0 Å². The summed E-state index contributed by atoms with van der Waals surface area (Å²) in [5, 5.41) is 10.1. The smallest absolute Gasteiger partial charge is 0.257 e. The van der Waals surface area contributed by atoms with Crippen molar-refractivity contribution in [1.82, 2.24) is 29.0 Å². The number of hydrogen-bond donors (Lipinski definition) is 1. The fraction of sp³-hybridized carbons (Fsp3) is 0. The Morgan fingerprint density at radius 2 is 1.83 bits per heavy atom. The number of fused-ring (bicyclic) bond motifs is 2. The number of carbonyl (C=O) groups is 1. The molecule has 0 aliphatic heterocycles. The van der Waals surface area contributed by atoms with Gasteiger partial charge < -0.3 is 5.32 Å². The number of nitrogens with zero attached hydrogens (tertiary/aromatic N) is 7. The van der Waals surface area contributed by atoms with Gasteiger partial charge in [-0.05, 0) is 65.8 Å². The van der Waals surface area contributed by atoms with E-state index in [9.17, 15) is 14.1 Å². The summed E-state index contributed by atoms with van der Waals surface area (Å²) in [6.07, 6.45) is 4.79. The van der Waals surface area contributed by atoms with Crippen molar-refractivity contribution in [3.05, 3.63) is 102 Å². The van der Waals surface area contributed by atoms with Crippen LogP contribution in [0.1, 0.15) is 10.4 Å². The molecule has 0 spiro atoms. The van der Waals surface area contributed by atoms with Crippen molar-refractivity contribution in [1.29, 1.82) is 0 Å². The predicted octanol–water partition coefficient (Wildman–Crippen LogP) is 4.90. The van der Waals surface area contributed by atoms with Gasteiger partial charge in [0.1, 0.15) is 22.9 Å². The van der Waals surface area contributed by atoms with Crippen molar-refractivity contribution in [2.75, 3.05) is 5.32 Å². The van der Waals surface area contributed by atoms with Gasteiger partial charge in [0.25, 0.3) is 5.91 Å². The van der Waals surface area contributed by atoms with Crippen LogP contribution in [0.3, 0.4) is 0 Å². The normalized spacial score (nSPS) is 11.1. The molecule has 174 valence electrons. The van der Waals surface area contributed by atoms with E-state index in [1.165, 1.54) is 30.5 Å². The number of amides is 1. The first-order valence-corrected chi connectivity index (χ1v) is 10.8. The number of hydrogen-bond acceptors (Lipinski definition) is 7. The highest BCUT2D eigenvalue weighted by molar-refractivity contribution is 6.04. The third-order valence-electron chi connectivity index (χ3n) is 5.55. The molecule has 10 nitrogen and oxygen atoms in total. The van der Waals surface area contributed by atoms with Gasteiger partial charge in [0.15, 0.2) is 17.3 Å². The van der Waals surface area contributed by atoms with E-state index in [0.717, 1.165) is 11.3 Å². The van der Waals surface area contributed by atoms with Gasteiger partial charge in [0.05, 0.1) is 11.9 Å². The van der Waals surface area contributed by atoms with E-state index in [1.807, 2.05) is 34.9 Å². The van der Waals surface area contributed by atoms with Gasteiger partial charge in [-0.1, -0.05) is 6.07 Å². The molecule has 5 heterocycles. The molecule has 0 saturated carbocycles. The second-order valence-corrected chi connectivity index (χ2v) is 7.84. The van der Waals surface area contributed by atoms with Crippen LogP contribution in [0.25, 0.3) is 33.9 Å². The summed E-state index contributed by atoms with van der Waals surface area (Å²) < 4.78 is 17.0. The van der Waals surface area contributed by atoms with E-state index in [2.05, 4.69) is 20.5 Å². The molecule has 11 heteroatoms. The molecule has 0 unspecified atom stereocenters. The van der Waals surface area contributed by atoms with E-state index in [4.69, 9.17) is 10.1 Å². The summed E-state index contributed by atoms with van der Waals surface area (Å²) in [6.45, 7) is 0. The molecular weight excluding hydrogens is 463 g/mol. The number of carbonyl (C=O) groups excluding carboxylic acids is 1. The van der Waals surface area contributed by atoms with E-state index in [1.54, 1.807) is 28.9 Å². The highest BCUT2D eigenvalue weighted by Gasteiger charge is 2.18. The van der Waals surface area contributed by atoms with Crippen LogP contribution >= 0.6 is 0 Å². The first kappa shape index (κ1) is 21.2. The molecule has 0 aliphatic carbocycles. The lowest BCUT2D eigenvalue weighted by atomic mass is 10.1. The number of rotatable bonds is 5. The Kier molecular flexibility index (Phi) is 5.00. The van der Waals surface area contributed by atoms with Crippen molar-refractivity contribution in [3.63, 3.8) is 0 Å². The second-order valence-electron chi connectivity index (χ2n) is 7.84. The molecule has 6 rings (SSSR count). The van der Waals surface area contributed by atoms with Gasteiger partial charge in [0, 0.05) is 23.5 Å². The SMILES string of the molecule is O=Nc1cc(C(=O)Nc2cn3nc(-c4c(-c5ccc(F)cc5)nc5ccccn45)ccc3n2)ccn1. The molecule has 1 N–H and O–H groups in total. The molecule has 0 aliphatic rings. The van der Waals surface area contributed by atoms with E-state index < -0.39 is 5.91 Å². The molecule has 1 aromatic carbocycles. The summed E-state index contributed by atoms with van der Waals surface area (Å²) in [7, 11) is 0. The maximum absolute atomic E-state index is 13.5. The molecule has 0 fully saturated rings. The van der Waals surface area contributed by atoms with Crippen LogP contribution in [-0.2, 0) is 0 Å². The lowest BCUT2D eigenvalue weighted by Crippen LogP contribution is -2.12. The number of nitroso groups, excluding NO2 is 1. The highest BCUT2D eigenvalue weighted by Crippen LogP contribution is 2.32. The third-order valence-corrected chi connectivity index (χ3v) is 5.55. The predicted molar refractivity (Wildman–Crippen MR) is 130 cm³/mol. The Hall–Kier alpha value is -5.32. The van der Waals surface area contributed by atoms with E-state index >= 15 is 0 Å². The topological polar surface area (TPSA) is 119 Å². The van der Waals surface area contributed by atoms with Gasteiger partial charge in [-0.3, -0.25) is 9.20 Å². The largest absolute Gasteiger partial charge is 0.305 e. The Balaban J connectivity index is 1.40. The summed E-state index contributed by atoms with van der Waals surface area (Å²) in [6, 6.07) is 18.1. The van der Waals surface area contributed by atoms with Crippen molar-refractivity contribution < 1.29 is 9.18 Å². The first-order valence-electron chi connectivity index (χ1n) is 10.8. The standard InChI is InChI=1S/C25H15FN8O2/c26-17-6-4-15(5-7-17)23-24(33-12-2-1-3-21(33)30-23)18-8-9-22-28-20(14-34(22)31-18)29-25(35)16-10-11-27-19(13-16)32-36/h1-14H,(H,29,35). The van der Waals surface area contributed by atoms with E-state index in [0.29, 0.717) is 22.7 Å². The molecule has 6 aromatic rings. The van der Waals surface area contributed by atoms with Crippen LogP contribution in [0.2, 0.25) is 0 Å². The Labute approximate surface area is 202 Å². The fourth-order valence-electron chi connectivity index (χ4n) is 3.92. The van der Waals surface area contributed by atoms with Crippen molar-refractivity contribution in [3.8, 4) is 22.6 Å². The van der Waals surface area contributed by atoms with Crippen molar-refractivity contribution in [2.45, 2.75) is 0 Å². The molecule has 0 saturated heterocycles. The van der Waals surface area contributed by atoms with E-state index in [-0.39, 0.29) is 23.0 Å². The zero-order chi connectivity index (χ0) is 24.6. The van der Waals surface area contributed by atoms with Crippen LogP contribution in [0.4, 0.5) is 16.0 Å². The molecular formula is C25H15FN8O2. The average molecular weight is 478 g/mol. The maximum Gasteiger partial charge on any atom is 0.257 e. The minimum Gasteiger partial charge on any atom is -0.305 e. The fourth-order valence-corrected chi connectivity index (χ4v) is 3.92. The lowest BCUT2D eigenvalue weighted by Gasteiger charge is -2.05. The Bertz CT molecular complexity index is 1770. The molecule has 36 heavy (non-hydrogen) atoms. The molecule has 0 atom stereocenters. The first-order chi connectivity index (χ1) is 17.6. The van der Waals surface area contributed by atoms with Crippen LogP contribution in [0.15, 0.2) is 90.5 Å². The highest BCUT2D eigenvalue weighted by atomic mass is 19.1. The number of imidazole rings is 2. The van der Waals surface area contributed by atoms with Gasteiger partial charge in [-0.25, -0.2) is 23.9 Å². The van der Waals surface area contributed by atoms with Crippen LogP contribution < -0.4 is 5.32 Å². The minimum atomic E-state index is -0.466. The molecule has 0 bridgehead atoms. The zero-order valence-electron chi connectivity index (χ0n) is 18.4. The lowest BCUT2D eigenvalue weighted by molar-refractivity contribution is 0.102. The quantitative estimate of drug-likeness (QED) is 0.352. The van der Waals surface area contributed by atoms with Gasteiger partial charge in [-0.2, -0.15) is 5.10 Å². The van der Waals surface area contributed by atoms with Crippen molar-refractivity contribution in [2.24, 2.45) is 5.18 Å². The van der Waals surface area contributed by atoms with Crippen LogP contribution in [0.5, 0.6) is 0 Å². The number of pyridine rings is 2. The van der Waals surface area contributed by atoms with Gasteiger partial charge >= 0.3 is 0 Å². The Morgan fingerprint density at radius 3 is 2.67 bits per heavy atom. The monoisotopic (exact) mass is 478 g/mol. The average Bonchev–Trinajstić information content (AvgIpc) is 3.49. The molecule has 1 amide bonds. The summed E-state index contributed by atoms with van der Waals surface area (Å²) in [5.74, 6) is -0.610.